The highest BCUT2D eigenvalue weighted by atomic mass is 16.5. The third kappa shape index (κ3) is 3.64. The number of carbonyl (C=O) groups is 1. The summed E-state index contributed by atoms with van der Waals surface area (Å²) < 4.78 is 12.5. The number of hydrogen-bond donors (Lipinski definition) is 1. The molecule has 26 heavy (non-hydrogen) atoms. The molecule has 3 rings (SSSR count). The van der Waals surface area contributed by atoms with E-state index >= 15 is 0 Å². The van der Waals surface area contributed by atoms with E-state index in [-0.39, 0.29) is 11.6 Å². The molecule has 0 spiro atoms. The van der Waals surface area contributed by atoms with Gasteiger partial charge in [-0.2, -0.15) is 0 Å². The summed E-state index contributed by atoms with van der Waals surface area (Å²) in [5.41, 5.74) is 0.995. The monoisotopic (exact) mass is 353 g/mol. The Balaban J connectivity index is 2.02. The van der Waals surface area contributed by atoms with Crippen LogP contribution in [0.2, 0.25) is 0 Å². The molecular formula is C18H19N5O3. The lowest BCUT2D eigenvalue weighted by Crippen LogP contribution is -2.31. The highest BCUT2D eigenvalue weighted by Crippen LogP contribution is 2.29. The summed E-state index contributed by atoms with van der Waals surface area (Å²) in [4.78, 5) is 25.0. The van der Waals surface area contributed by atoms with Gasteiger partial charge in [-0.05, 0) is 17.7 Å². The molecule has 0 aliphatic heterocycles. The van der Waals surface area contributed by atoms with E-state index in [1.165, 1.54) is 18.6 Å². The Labute approximate surface area is 150 Å². The van der Waals surface area contributed by atoms with Crippen LogP contribution in [0.25, 0.3) is 0 Å². The Morgan fingerprint density at radius 1 is 1.08 bits per heavy atom. The fourth-order valence-electron chi connectivity index (χ4n) is 2.57. The second-order valence-corrected chi connectivity index (χ2v) is 5.54. The van der Waals surface area contributed by atoms with Gasteiger partial charge in [-0.1, -0.05) is 0 Å². The van der Waals surface area contributed by atoms with Crippen LogP contribution in [0.1, 0.15) is 27.9 Å². The number of carbonyl (C=O) groups excluding carboxylic acids is 1. The number of ether oxygens (including phenoxy) is 2. The Hall–Kier alpha value is -3.42. The zero-order valence-corrected chi connectivity index (χ0v) is 14.7. The minimum Gasteiger partial charge on any atom is -0.497 e. The van der Waals surface area contributed by atoms with Gasteiger partial charge in [-0.3, -0.25) is 9.78 Å². The van der Waals surface area contributed by atoms with Gasteiger partial charge in [0.15, 0.2) is 0 Å². The van der Waals surface area contributed by atoms with Crippen molar-refractivity contribution in [3.8, 4) is 11.5 Å². The van der Waals surface area contributed by atoms with Gasteiger partial charge in [0.05, 0.1) is 20.4 Å². The number of hydrogen-bond acceptors (Lipinski definition) is 6. The van der Waals surface area contributed by atoms with Gasteiger partial charge in [0.1, 0.15) is 29.1 Å². The fraction of sp³-hybridized carbons (Fsp3) is 0.222. The van der Waals surface area contributed by atoms with Gasteiger partial charge >= 0.3 is 0 Å². The molecule has 0 bridgehead atoms. The number of nitrogens with zero attached hydrogens (tertiary/aromatic N) is 4. The maximum atomic E-state index is 12.6. The maximum absolute atomic E-state index is 12.6. The summed E-state index contributed by atoms with van der Waals surface area (Å²) in [6, 6.07) is 4.91. The highest BCUT2D eigenvalue weighted by molar-refractivity contribution is 5.92. The van der Waals surface area contributed by atoms with Gasteiger partial charge in [0.25, 0.3) is 5.91 Å². The molecule has 0 aliphatic rings. The number of aromatic nitrogens is 4. The summed E-state index contributed by atoms with van der Waals surface area (Å²) in [5, 5.41) is 2.96. The number of methoxy groups -OCH3 is 2. The van der Waals surface area contributed by atoms with Crippen LogP contribution < -0.4 is 14.8 Å². The summed E-state index contributed by atoms with van der Waals surface area (Å²) in [6.07, 6.45) is 7.89. The number of aryl methyl sites for hydroxylation is 1. The van der Waals surface area contributed by atoms with Crippen LogP contribution >= 0.6 is 0 Å². The van der Waals surface area contributed by atoms with E-state index in [1.54, 1.807) is 26.5 Å². The van der Waals surface area contributed by atoms with Crippen LogP contribution in [0.15, 0.2) is 49.2 Å². The smallest absolute Gasteiger partial charge is 0.272 e. The van der Waals surface area contributed by atoms with Crippen molar-refractivity contribution in [3.63, 3.8) is 0 Å². The Morgan fingerprint density at radius 3 is 2.35 bits per heavy atom. The van der Waals surface area contributed by atoms with Crippen molar-refractivity contribution in [2.24, 2.45) is 7.05 Å². The van der Waals surface area contributed by atoms with E-state index in [9.17, 15) is 4.79 Å². The van der Waals surface area contributed by atoms with Crippen LogP contribution in [-0.2, 0) is 7.05 Å². The maximum Gasteiger partial charge on any atom is 0.272 e. The second-order valence-electron chi connectivity index (χ2n) is 5.54. The number of imidazole rings is 1. The zero-order chi connectivity index (χ0) is 18.5. The molecule has 8 heteroatoms. The molecule has 1 N–H and O–H groups in total. The van der Waals surface area contributed by atoms with Crippen molar-refractivity contribution < 1.29 is 14.3 Å². The fourth-order valence-corrected chi connectivity index (χ4v) is 2.57. The molecule has 3 aromatic rings. The first kappa shape index (κ1) is 17.4. The molecule has 8 nitrogen and oxygen atoms in total. The Bertz CT molecular complexity index is 873. The van der Waals surface area contributed by atoms with E-state index in [2.05, 4.69) is 20.3 Å². The van der Waals surface area contributed by atoms with Crippen molar-refractivity contribution >= 4 is 5.91 Å². The minimum absolute atomic E-state index is 0.224. The molecule has 2 heterocycles. The molecule has 0 fully saturated rings. The average Bonchev–Trinajstić information content (AvgIpc) is 3.11. The largest absolute Gasteiger partial charge is 0.497 e. The molecule has 2 aromatic heterocycles. The van der Waals surface area contributed by atoms with Gasteiger partial charge in [0, 0.05) is 37.9 Å². The molecule has 1 unspecified atom stereocenters. The lowest BCUT2D eigenvalue weighted by atomic mass is 10.0. The number of benzene rings is 1. The lowest BCUT2D eigenvalue weighted by molar-refractivity contribution is 0.0935. The Kier molecular flexibility index (Phi) is 5.12. The summed E-state index contributed by atoms with van der Waals surface area (Å²) >= 11 is 0. The normalized spacial score (nSPS) is 11.7. The van der Waals surface area contributed by atoms with Crippen molar-refractivity contribution in [1.82, 2.24) is 24.8 Å². The molecule has 1 atom stereocenters. The third-order valence-electron chi connectivity index (χ3n) is 3.90. The van der Waals surface area contributed by atoms with Crippen molar-refractivity contribution in [2.45, 2.75) is 6.04 Å². The van der Waals surface area contributed by atoms with Crippen molar-refractivity contribution in [3.05, 3.63) is 66.3 Å². The van der Waals surface area contributed by atoms with Gasteiger partial charge < -0.3 is 19.4 Å². The number of nitrogens with one attached hydrogen (secondary N) is 1. The van der Waals surface area contributed by atoms with Crippen molar-refractivity contribution in [2.75, 3.05) is 14.2 Å². The summed E-state index contributed by atoms with van der Waals surface area (Å²) in [5.74, 6) is 1.55. The quantitative estimate of drug-likeness (QED) is 0.726. The summed E-state index contributed by atoms with van der Waals surface area (Å²) in [6.45, 7) is 0. The summed E-state index contributed by atoms with van der Waals surface area (Å²) in [7, 11) is 5.01. The van der Waals surface area contributed by atoms with Gasteiger partial charge in [-0.15, -0.1) is 0 Å². The van der Waals surface area contributed by atoms with Crippen LogP contribution in [0.5, 0.6) is 11.5 Å². The van der Waals surface area contributed by atoms with Crippen LogP contribution in [-0.4, -0.2) is 39.6 Å². The first-order valence-corrected chi connectivity index (χ1v) is 7.89. The third-order valence-corrected chi connectivity index (χ3v) is 3.90. The molecular weight excluding hydrogens is 334 g/mol. The van der Waals surface area contributed by atoms with E-state index in [1.807, 2.05) is 29.9 Å². The van der Waals surface area contributed by atoms with E-state index in [4.69, 9.17) is 9.47 Å². The van der Waals surface area contributed by atoms with Crippen molar-refractivity contribution in [1.29, 1.82) is 0 Å². The molecule has 1 aromatic carbocycles. The molecule has 1 amide bonds. The van der Waals surface area contributed by atoms with E-state index < -0.39 is 6.04 Å². The molecule has 134 valence electrons. The predicted octanol–water partition coefficient (Wildman–Crippen LogP) is 1.75. The Morgan fingerprint density at radius 2 is 1.81 bits per heavy atom. The molecule has 0 aliphatic carbocycles. The first-order chi connectivity index (χ1) is 12.6. The predicted molar refractivity (Wildman–Crippen MR) is 94.1 cm³/mol. The van der Waals surface area contributed by atoms with E-state index in [0.717, 1.165) is 5.56 Å². The van der Waals surface area contributed by atoms with Crippen LogP contribution in [0.4, 0.5) is 0 Å². The van der Waals surface area contributed by atoms with Crippen LogP contribution in [0, 0.1) is 0 Å². The second kappa shape index (κ2) is 7.64. The molecule has 0 saturated carbocycles. The number of rotatable bonds is 6. The minimum atomic E-state index is -0.520. The van der Waals surface area contributed by atoms with Gasteiger partial charge in [0.2, 0.25) is 0 Å². The standard InChI is InChI=1S/C18H19N5O3/c1-23-7-6-21-17(23)16(22-18(24)15-11-19-4-5-20-15)12-8-13(25-2)10-14(9-12)26-3/h4-11,16H,1-3H3,(H,22,24). The zero-order valence-electron chi connectivity index (χ0n) is 14.7. The van der Waals surface area contributed by atoms with Gasteiger partial charge in [-0.25, -0.2) is 9.97 Å². The van der Waals surface area contributed by atoms with Crippen LogP contribution in [0.3, 0.4) is 0 Å². The molecule has 0 saturated heterocycles. The average molecular weight is 353 g/mol. The SMILES string of the molecule is COc1cc(OC)cc(C(NC(=O)c2cnccn2)c2nccn2C)c1. The van der Waals surface area contributed by atoms with E-state index in [0.29, 0.717) is 17.3 Å². The molecule has 0 radical (unpaired) electrons. The topological polar surface area (TPSA) is 91.2 Å². The number of amides is 1. The first-order valence-electron chi connectivity index (χ1n) is 7.89. The highest BCUT2D eigenvalue weighted by Gasteiger charge is 2.23. The lowest BCUT2D eigenvalue weighted by Gasteiger charge is -2.20.